The third-order valence-corrected chi connectivity index (χ3v) is 3.71. The summed E-state index contributed by atoms with van der Waals surface area (Å²) in [5.41, 5.74) is 5.47. The van der Waals surface area contributed by atoms with Crippen LogP contribution in [0.4, 0.5) is 19.1 Å². The van der Waals surface area contributed by atoms with Gasteiger partial charge in [0.05, 0.1) is 0 Å². The fraction of sp³-hybridized carbons (Fsp3) is 0.286. The second-order valence-electron chi connectivity index (χ2n) is 4.77. The number of halogens is 3. The van der Waals surface area contributed by atoms with Crippen molar-refractivity contribution in [2.45, 2.75) is 35.9 Å². The maximum atomic E-state index is 12.7. The first-order valence-corrected chi connectivity index (χ1v) is 7.07. The fourth-order valence-electron chi connectivity index (χ4n) is 1.68. The first-order chi connectivity index (χ1) is 9.75. The van der Waals surface area contributed by atoms with Gasteiger partial charge in [-0.3, -0.25) is 0 Å². The quantitative estimate of drug-likeness (QED) is 0.856. The summed E-state index contributed by atoms with van der Waals surface area (Å²) in [6.45, 7) is 4.14. The average molecular weight is 313 g/mol. The molecule has 0 spiro atoms. The van der Waals surface area contributed by atoms with E-state index in [0.29, 0.717) is 5.92 Å². The van der Waals surface area contributed by atoms with Crippen molar-refractivity contribution in [2.24, 2.45) is 0 Å². The van der Waals surface area contributed by atoms with Crippen molar-refractivity contribution in [3.8, 4) is 0 Å². The van der Waals surface area contributed by atoms with Gasteiger partial charge in [0.15, 0.2) is 5.69 Å². The van der Waals surface area contributed by atoms with E-state index in [1.165, 1.54) is 0 Å². The van der Waals surface area contributed by atoms with Crippen LogP contribution in [0, 0.1) is 0 Å². The van der Waals surface area contributed by atoms with Crippen LogP contribution in [0.25, 0.3) is 0 Å². The molecule has 1 heterocycles. The minimum absolute atomic E-state index is 0.173. The van der Waals surface area contributed by atoms with Crippen LogP contribution in [0.5, 0.6) is 0 Å². The van der Waals surface area contributed by atoms with Gasteiger partial charge in [-0.05, 0) is 23.6 Å². The molecule has 3 nitrogen and oxygen atoms in total. The van der Waals surface area contributed by atoms with E-state index >= 15 is 0 Å². The fourth-order valence-corrected chi connectivity index (χ4v) is 2.51. The second-order valence-corrected chi connectivity index (χ2v) is 5.87. The summed E-state index contributed by atoms with van der Waals surface area (Å²) in [6, 6.07) is 8.50. The maximum absolute atomic E-state index is 12.7. The van der Waals surface area contributed by atoms with E-state index in [2.05, 4.69) is 23.8 Å². The number of hydrogen-bond acceptors (Lipinski definition) is 4. The van der Waals surface area contributed by atoms with E-state index in [1.54, 1.807) is 0 Å². The summed E-state index contributed by atoms with van der Waals surface area (Å²) in [6.07, 6.45) is -4.53. The Morgan fingerprint density at radius 3 is 2.24 bits per heavy atom. The molecule has 1 aromatic carbocycles. The van der Waals surface area contributed by atoms with E-state index in [-0.39, 0.29) is 11.0 Å². The van der Waals surface area contributed by atoms with Crippen LogP contribution in [-0.4, -0.2) is 9.97 Å². The maximum Gasteiger partial charge on any atom is 0.433 e. The van der Waals surface area contributed by atoms with Crippen molar-refractivity contribution >= 4 is 17.7 Å². The normalized spacial score (nSPS) is 11.9. The SMILES string of the molecule is CC(C)c1ccc(Sc2cc(C(F)(F)F)nc(N)n2)cc1. The number of nitrogen functional groups attached to an aromatic ring is 1. The highest BCUT2D eigenvalue weighted by Gasteiger charge is 2.33. The lowest BCUT2D eigenvalue weighted by atomic mass is 10.0. The number of hydrogen-bond donors (Lipinski definition) is 1. The molecule has 0 unspecified atom stereocenters. The van der Waals surface area contributed by atoms with E-state index in [0.717, 1.165) is 28.3 Å². The van der Waals surface area contributed by atoms with Gasteiger partial charge in [-0.2, -0.15) is 13.2 Å². The highest BCUT2D eigenvalue weighted by molar-refractivity contribution is 7.99. The summed E-state index contributed by atoms with van der Waals surface area (Å²) in [5.74, 6) is 0.0155. The topological polar surface area (TPSA) is 51.8 Å². The van der Waals surface area contributed by atoms with Crippen molar-refractivity contribution in [3.05, 3.63) is 41.6 Å². The second kappa shape index (κ2) is 5.93. The highest BCUT2D eigenvalue weighted by atomic mass is 32.2. The van der Waals surface area contributed by atoms with E-state index < -0.39 is 11.9 Å². The molecule has 0 amide bonds. The Morgan fingerprint density at radius 2 is 1.71 bits per heavy atom. The molecule has 0 saturated carbocycles. The molecule has 112 valence electrons. The molecule has 21 heavy (non-hydrogen) atoms. The summed E-state index contributed by atoms with van der Waals surface area (Å²) in [4.78, 5) is 7.84. The van der Waals surface area contributed by atoms with Gasteiger partial charge in [0.2, 0.25) is 5.95 Å². The monoisotopic (exact) mass is 313 g/mol. The van der Waals surface area contributed by atoms with Gasteiger partial charge in [-0.25, -0.2) is 9.97 Å². The number of benzene rings is 1. The molecule has 0 atom stereocenters. The number of rotatable bonds is 3. The molecule has 0 aliphatic rings. The lowest BCUT2D eigenvalue weighted by Gasteiger charge is -2.09. The Hall–Kier alpha value is -1.76. The van der Waals surface area contributed by atoms with E-state index in [9.17, 15) is 13.2 Å². The van der Waals surface area contributed by atoms with Gasteiger partial charge in [-0.1, -0.05) is 37.7 Å². The van der Waals surface area contributed by atoms with Crippen molar-refractivity contribution in [2.75, 3.05) is 5.73 Å². The Kier molecular flexibility index (Phi) is 4.41. The summed E-state index contributed by atoms with van der Waals surface area (Å²) in [7, 11) is 0. The molecule has 7 heteroatoms. The summed E-state index contributed by atoms with van der Waals surface area (Å²) >= 11 is 1.12. The minimum Gasteiger partial charge on any atom is -0.368 e. The van der Waals surface area contributed by atoms with E-state index in [1.807, 2.05) is 24.3 Å². The lowest BCUT2D eigenvalue weighted by Crippen LogP contribution is -2.11. The molecule has 0 aliphatic carbocycles. The van der Waals surface area contributed by atoms with Gasteiger partial charge >= 0.3 is 6.18 Å². The van der Waals surface area contributed by atoms with Gasteiger partial charge in [-0.15, -0.1) is 0 Å². The van der Waals surface area contributed by atoms with Crippen LogP contribution in [0.1, 0.15) is 31.0 Å². The number of anilines is 1. The molecular weight excluding hydrogens is 299 g/mol. The Labute approximate surface area is 124 Å². The molecule has 0 saturated heterocycles. The Morgan fingerprint density at radius 1 is 1.10 bits per heavy atom. The predicted molar refractivity (Wildman–Crippen MR) is 76.1 cm³/mol. The van der Waals surface area contributed by atoms with Crippen LogP contribution >= 0.6 is 11.8 Å². The first-order valence-electron chi connectivity index (χ1n) is 6.25. The van der Waals surface area contributed by atoms with Crippen molar-refractivity contribution < 1.29 is 13.2 Å². The standard InChI is InChI=1S/C14H14F3N3S/c1-8(2)9-3-5-10(6-4-9)21-12-7-11(14(15,16)17)19-13(18)20-12/h3-8H,1-2H3,(H2,18,19,20). The molecule has 1 aromatic heterocycles. The molecule has 0 fully saturated rings. The Bertz CT molecular complexity index is 624. The minimum atomic E-state index is -4.53. The molecule has 2 N–H and O–H groups in total. The number of alkyl halides is 3. The lowest BCUT2D eigenvalue weighted by molar-refractivity contribution is -0.141. The van der Waals surface area contributed by atoms with Gasteiger partial charge in [0.25, 0.3) is 0 Å². The number of nitrogens with zero attached hydrogens (tertiary/aromatic N) is 2. The average Bonchev–Trinajstić information content (AvgIpc) is 2.37. The van der Waals surface area contributed by atoms with Gasteiger partial charge in [0.1, 0.15) is 5.03 Å². The molecule has 2 aromatic rings. The van der Waals surface area contributed by atoms with Gasteiger partial charge < -0.3 is 5.73 Å². The largest absolute Gasteiger partial charge is 0.433 e. The van der Waals surface area contributed by atoms with E-state index in [4.69, 9.17) is 5.73 Å². The summed E-state index contributed by atoms with van der Waals surface area (Å²) < 4.78 is 38.0. The molecular formula is C14H14F3N3S. The smallest absolute Gasteiger partial charge is 0.368 e. The van der Waals surface area contributed by atoms with Crippen LogP contribution in [0.15, 0.2) is 40.3 Å². The Balaban J connectivity index is 2.25. The highest BCUT2D eigenvalue weighted by Crippen LogP contribution is 2.33. The van der Waals surface area contributed by atoms with Crippen LogP contribution < -0.4 is 5.73 Å². The van der Waals surface area contributed by atoms with Crippen LogP contribution in [0.3, 0.4) is 0 Å². The summed E-state index contributed by atoms with van der Waals surface area (Å²) in [5, 5.41) is 0.173. The zero-order valence-corrected chi connectivity index (χ0v) is 12.3. The van der Waals surface area contributed by atoms with Crippen molar-refractivity contribution in [3.63, 3.8) is 0 Å². The van der Waals surface area contributed by atoms with Crippen LogP contribution in [-0.2, 0) is 6.18 Å². The van der Waals surface area contributed by atoms with Gasteiger partial charge in [0, 0.05) is 11.0 Å². The zero-order chi connectivity index (χ0) is 15.6. The molecule has 0 radical (unpaired) electrons. The molecule has 0 aliphatic heterocycles. The number of nitrogens with two attached hydrogens (primary N) is 1. The first kappa shape index (κ1) is 15.6. The third-order valence-electron chi connectivity index (χ3n) is 2.78. The zero-order valence-electron chi connectivity index (χ0n) is 11.5. The van der Waals surface area contributed by atoms with Crippen molar-refractivity contribution in [1.82, 2.24) is 9.97 Å². The molecule has 0 bridgehead atoms. The predicted octanol–water partition coefficient (Wildman–Crippen LogP) is 4.35. The number of aromatic nitrogens is 2. The third kappa shape index (κ3) is 4.10. The van der Waals surface area contributed by atoms with Crippen LogP contribution in [0.2, 0.25) is 0 Å². The van der Waals surface area contributed by atoms with Crippen molar-refractivity contribution in [1.29, 1.82) is 0 Å². The molecule has 2 rings (SSSR count).